The van der Waals surface area contributed by atoms with E-state index in [1.165, 1.54) is 0 Å². The molecule has 1 rings (SSSR count). The molecule has 10 nitrogen and oxygen atoms in total. The monoisotopic (exact) mass is 465 g/mol. The van der Waals surface area contributed by atoms with Gasteiger partial charge in [0.2, 0.25) is 11.8 Å². The van der Waals surface area contributed by atoms with Crippen molar-refractivity contribution >= 4 is 23.2 Å². The fourth-order valence-electron chi connectivity index (χ4n) is 2.72. The van der Waals surface area contributed by atoms with Crippen LogP contribution < -0.4 is 21.8 Å². The Kier molecular flexibility index (Phi) is 16.4. The van der Waals surface area contributed by atoms with E-state index in [2.05, 4.69) is 21.2 Å². The van der Waals surface area contributed by atoms with E-state index in [4.69, 9.17) is 19.9 Å². The topological polar surface area (TPSA) is 136 Å². The van der Waals surface area contributed by atoms with Crippen molar-refractivity contribution in [3.05, 3.63) is 29.8 Å². The van der Waals surface area contributed by atoms with E-state index in [9.17, 15) is 9.59 Å². The van der Waals surface area contributed by atoms with Gasteiger partial charge in [0.05, 0.1) is 32.1 Å². The van der Waals surface area contributed by atoms with Crippen molar-refractivity contribution in [1.29, 1.82) is 0 Å². The summed E-state index contributed by atoms with van der Waals surface area (Å²) in [4.78, 5) is 24.1. The molecule has 0 aromatic heterocycles. The summed E-state index contributed by atoms with van der Waals surface area (Å²) in [5, 5.41) is 9.74. The Morgan fingerprint density at radius 2 is 1.58 bits per heavy atom. The lowest BCUT2D eigenvalue weighted by molar-refractivity contribution is -0.124. The molecule has 1 aromatic carbocycles. The SMILES string of the molecule is CN/N=C(/C)c1cccc(NC(=O)CCC(=O)NCCCOCCOCCOCCCN)c1. The zero-order valence-electron chi connectivity index (χ0n) is 19.9. The quantitative estimate of drug-likeness (QED) is 0.137. The molecule has 0 aliphatic rings. The van der Waals surface area contributed by atoms with Crippen molar-refractivity contribution in [2.75, 3.05) is 65.1 Å². The van der Waals surface area contributed by atoms with Crippen LogP contribution >= 0.6 is 0 Å². The maximum absolute atomic E-state index is 12.1. The molecule has 0 atom stereocenters. The Hall–Kier alpha value is -2.53. The van der Waals surface area contributed by atoms with Gasteiger partial charge in [-0.05, 0) is 44.0 Å². The first-order valence-corrected chi connectivity index (χ1v) is 11.4. The van der Waals surface area contributed by atoms with E-state index in [1.54, 1.807) is 13.1 Å². The Morgan fingerprint density at radius 3 is 2.24 bits per heavy atom. The van der Waals surface area contributed by atoms with Crippen LogP contribution in [0.15, 0.2) is 29.4 Å². The number of ether oxygens (including phenoxy) is 3. The molecule has 2 amide bonds. The predicted molar refractivity (Wildman–Crippen MR) is 129 cm³/mol. The number of amides is 2. The highest BCUT2D eigenvalue weighted by Crippen LogP contribution is 2.12. The van der Waals surface area contributed by atoms with Crippen molar-refractivity contribution in [2.24, 2.45) is 10.8 Å². The molecular formula is C23H39N5O5. The predicted octanol–water partition coefficient (Wildman–Crippen LogP) is 1.25. The average molecular weight is 466 g/mol. The Morgan fingerprint density at radius 1 is 0.939 bits per heavy atom. The Balaban J connectivity index is 2.04. The summed E-state index contributed by atoms with van der Waals surface area (Å²) in [6, 6.07) is 7.41. The lowest BCUT2D eigenvalue weighted by atomic mass is 10.1. The van der Waals surface area contributed by atoms with E-state index >= 15 is 0 Å². The number of anilines is 1. The van der Waals surface area contributed by atoms with Crippen LogP contribution in [-0.4, -0.2) is 77.3 Å². The van der Waals surface area contributed by atoms with E-state index in [1.807, 2.05) is 25.1 Å². The Labute approximate surface area is 196 Å². The van der Waals surface area contributed by atoms with Gasteiger partial charge in [-0.3, -0.25) is 9.59 Å². The molecule has 0 fully saturated rings. The van der Waals surface area contributed by atoms with Gasteiger partial charge in [0, 0.05) is 45.3 Å². The number of rotatable bonds is 19. The third kappa shape index (κ3) is 15.0. The number of carbonyl (C=O) groups is 2. The molecule has 0 unspecified atom stereocenters. The normalized spacial score (nSPS) is 11.3. The van der Waals surface area contributed by atoms with Crippen molar-refractivity contribution < 1.29 is 23.8 Å². The van der Waals surface area contributed by atoms with Crippen molar-refractivity contribution in [3.63, 3.8) is 0 Å². The maximum atomic E-state index is 12.1. The molecular weight excluding hydrogens is 426 g/mol. The van der Waals surface area contributed by atoms with Crippen molar-refractivity contribution in [3.8, 4) is 0 Å². The van der Waals surface area contributed by atoms with E-state index < -0.39 is 0 Å². The van der Waals surface area contributed by atoms with Gasteiger partial charge in [-0.25, -0.2) is 0 Å². The molecule has 0 bridgehead atoms. The first-order chi connectivity index (χ1) is 16.1. The lowest BCUT2D eigenvalue weighted by Crippen LogP contribution is -2.26. The highest BCUT2D eigenvalue weighted by atomic mass is 16.5. The summed E-state index contributed by atoms with van der Waals surface area (Å²) < 4.78 is 16.2. The number of nitrogens with two attached hydrogens (primary N) is 1. The van der Waals surface area contributed by atoms with Gasteiger partial charge in [0.15, 0.2) is 0 Å². The summed E-state index contributed by atoms with van der Waals surface area (Å²) >= 11 is 0. The average Bonchev–Trinajstić information content (AvgIpc) is 2.81. The molecule has 10 heteroatoms. The summed E-state index contributed by atoms with van der Waals surface area (Å²) in [6.45, 7) is 6.30. The number of hydrazone groups is 1. The van der Waals surface area contributed by atoms with Crippen LogP contribution in [0, 0.1) is 0 Å². The van der Waals surface area contributed by atoms with Gasteiger partial charge in [0.25, 0.3) is 0 Å². The minimum absolute atomic E-state index is 0.115. The standard InChI is InChI=1S/C23H39N5O5/c1-19(28-25-2)20-6-3-7-21(18-20)27-23(30)9-8-22(29)26-11-5-13-32-15-17-33-16-14-31-12-4-10-24/h3,6-7,18,25H,4-5,8-17,24H2,1-2H3,(H,26,29)(H,27,30)/b28-19-. The Bertz CT molecular complexity index is 714. The first-order valence-electron chi connectivity index (χ1n) is 11.4. The number of nitrogens with one attached hydrogen (secondary N) is 3. The molecule has 0 saturated carbocycles. The van der Waals surface area contributed by atoms with Crippen LogP contribution in [0.5, 0.6) is 0 Å². The van der Waals surface area contributed by atoms with Gasteiger partial charge in [-0.15, -0.1) is 0 Å². The van der Waals surface area contributed by atoms with Gasteiger partial charge in [-0.2, -0.15) is 5.10 Å². The van der Waals surface area contributed by atoms with Gasteiger partial charge >= 0.3 is 0 Å². The first kappa shape index (κ1) is 28.5. The molecule has 186 valence electrons. The molecule has 0 heterocycles. The minimum atomic E-state index is -0.210. The molecule has 0 saturated heterocycles. The summed E-state index contributed by atoms with van der Waals surface area (Å²) in [5.41, 5.74) is 10.5. The molecule has 0 radical (unpaired) electrons. The molecule has 0 aliphatic heterocycles. The van der Waals surface area contributed by atoms with E-state index in [0.717, 1.165) is 17.7 Å². The van der Waals surface area contributed by atoms with Crippen LogP contribution in [0.25, 0.3) is 0 Å². The van der Waals surface area contributed by atoms with Crippen LogP contribution in [0.3, 0.4) is 0 Å². The second-order valence-corrected chi connectivity index (χ2v) is 7.23. The summed E-state index contributed by atoms with van der Waals surface area (Å²) in [5.74, 6) is -0.368. The number of hydrogen-bond donors (Lipinski definition) is 4. The van der Waals surface area contributed by atoms with Gasteiger partial charge in [-0.1, -0.05) is 12.1 Å². The number of hydrogen-bond acceptors (Lipinski definition) is 8. The smallest absolute Gasteiger partial charge is 0.224 e. The zero-order valence-corrected chi connectivity index (χ0v) is 19.9. The molecule has 33 heavy (non-hydrogen) atoms. The number of nitrogens with zero attached hydrogens (tertiary/aromatic N) is 1. The molecule has 1 aromatic rings. The second kappa shape index (κ2) is 19.0. The molecule has 0 aliphatic carbocycles. The second-order valence-electron chi connectivity index (χ2n) is 7.23. The lowest BCUT2D eigenvalue weighted by Gasteiger charge is -2.09. The maximum Gasteiger partial charge on any atom is 0.224 e. The van der Waals surface area contributed by atoms with Crippen LogP contribution in [-0.2, 0) is 23.8 Å². The highest BCUT2D eigenvalue weighted by Gasteiger charge is 2.08. The third-order valence-electron chi connectivity index (χ3n) is 4.45. The largest absolute Gasteiger partial charge is 0.379 e. The third-order valence-corrected chi connectivity index (χ3v) is 4.45. The van der Waals surface area contributed by atoms with E-state index in [0.29, 0.717) is 64.8 Å². The summed E-state index contributed by atoms with van der Waals surface area (Å²) in [6.07, 6.45) is 1.80. The highest BCUT2D eigenvalue weighted by molar-refractivity contribution is 6.00. The molecule has 0 spiro atoms. The van der Waals surface area contributed by atoms with Crippen LogP contribution in [0.2, 0.25) is 0 Å². The van der Waals surface area contributed by atoms with E-state index in [-0.39, 0.29) is 24.7 Å². The van der Waals surface area contributed by atoms with Gasteiger partial charge < -0.3 is 36.0 Å². The van der Waals surface area contributed by atoms with Crippen molar-refractivity contribution in [1.82, 2.24) is 10.7 Å². The number of carbonyl (C=O) groups excluding carboxylic acids is 2. The zero-order chi connectivity index (χ0) is 24.2. The molecule has 5 N–H and O–H groups in total. The fourth-order valence-corrected chi connectivity index (χ4v) is 2.72. The number of benzene rings is 1. The van der Waals surface area contributed by atoms with Crippen LogP contribution in [0.4, 0.5) is 5.69 Å². The van der Waals surface area contributed by atoms with Crippen molar-refractivity contribution in [2.45, 2.75) is 32.6 Å². The summed E-state index contributed by atoms with van der Waals surface area (Å²) in [7, 11) is 1.73. The van der Waals surface area contributed by atoms with Crippen LogP contribution in [0.1, 0.15) is 38.2 Å². The fraction of sp³-hybridized carbons (Fsp3) is 0.609. The van der Waals surface area contributed by atoms with Gasteiger partial charge in [0.1, 0.15) is 0 Å². The minimum Gasteiger partial charge on any atom is -0.379 e.